The van der Waals surface area contributed by atoms with Crippen molar-refractivity contribution in [2.24, 2.45) is 0 Å². The van der Waals surface area contributed by atoms with Crippen molar-refractivity contribution in [1.29, 1.82) is 0 Å². The Morgan fingerprint density at radius 3 is 2.64 bits per heavy atom. The standard InChI is InChI=1S/C10H11NO2S/c1-7-6-11-10-4-3-8(5-9(7)10)14(2,12)13/h3-6,11H,1-2H3. The van der Waals surface area contributed by atoms with Crippen LogP contribution in [-0.2, 0) is 9.84 Å². The van der Waals surface area contributed by atoms with Gasteiger partial charge in [-0.2, -0.15) is 0 Å². The quantitative estimate of drug-likeness (QED) is 0.779. The van der Waals surface area contributed by atoms with Crippen molar-refractivity contribution in [3.8, 4) is 0 Å². The predicted molar refractivity (Wildman–Crippen MR) is 56.1 cm³/mol. The van der Waals surface area contributed by atoms with E-state index in [2.05, 4.69) is 4.98 Å². The molecule has 74 valence electrons. The first-order chi connectivity index (χ1) is 6.48. The fraction of sp³-hybridized carbons (Fsp3) is 0.200. The number of nitrogens with one attached hydrogen (secondary N) is 1. The van der Waals surface area contributed by atoms with Gasteiger partial charge in [-0.1, -0.05) is 0 Å². The van der Waals surface area contributed by atoms with E-state index in [-0.39, 0.29) is 0 Å². The Bertz CT molecular complexity index is 581. The lowest BCUT2D eigenvalue weighted by Crippen LogP contribution is -1.96. The van der Waals surface area contributed by atoms with Gasteiger partial charge >= 0.3 is 0 Å². The maximum Gasteiger partial charge on any atom is 0.175 e. The molecule has 2 aromatic rings. The number of H-pyrrole nitrogens is 1. The molecule has 3 nitrogen and oxygen atoms in total. The lowest BCUT2D eigenvalue weighted by molar-refractivity contribution is 0.602. The molecule has 0 fully saturated rings. The second-order valence-electron chi connectivity index (χ2n) is 3.45. The summed E-state index contributed by atoms with van der Waals surface area (Å²) in [4.78, 5) is 3.44. The molecule has 0 unspecified atom stereocenters. The highest BCUT2D eigenvalue weighted by molar-refractivity contribution is 7.90. The molecule has 4 heteroatoms. The first kappa shape index (κ1) is 9.27. The van der Waals surface area contributed by atoms with Crippen molar-refractivity contribution in [2.45, 2.75) is 11.8 Å². The van der Waals surface area contributed by atoms with E-state index in [1.54, 1.807) is 18.2 Å². The lowest BCUT2D eigenvalue weighted by Gasteiger charge is -1.98. The van der Waals surface area contributed by atoms with Gasteiger partial charge in [0.15, 0.2) is 9.84 Å². The van der Waals surface area contributed by atoms with Crippen LogP contribution < -0.4 is 0 Å². The number of hydrogen-bond acceptors (Lipinski definition) is 2. The zero-order valence-corrected chi connectivity index (χ0v) is 8.85. The number of rotatable bonds is 1. The van der Waals surface area contributed by atoms with Crippen LogP contribution in [0.25, 0.3) is 10.9 Å². The Hall–Kier alpha value is -1.29. The third kappa shape index (κ3) is 1.42. The van der Waals surface area contributed by atoms with Gasteiger partial charge in [0, 0.05) is 23.4 Å². The molecule has 0 atom stereocenters. The van der Waals surface area contributed by atoms with Crippen LogP contribution in [0.15, 0.2) is 29.3 Å². The van der Waals surface area contributed by atoms with E-state index < -0.39 is 9.84 Å². The summed E-state index contributed by atoms with van der Waals surface area (Å²) >= 11 is 0. The number of hydrogen-bond donors (Lipinski definition) is 1. The molecule has 2 rings (SSSR count). The lowest BCUT2D eigenvalue weighted by atomic mass is 10.2. The van der Waals surface area contributed by atoms with E-state index >= 15 is 0 Å². The molecule has 0 saturated heterocycles. The molecule has 0 saturated carbocycles. The largest absolute Gasteiger partial charge is 0.361 e. The fourth-order valence-electron chi connectivity index (χ4n) is 1.47. The molecule has 0 aliphatic rings. The molecule has 0 bridgehead atoms. The topological polar surface area (TPSA) is 49.9 Å². The number of benzene rings is 1. The van der Waals surface area contributed by atoms with Crippen LogP contribution >= 0.6 is 0 Å². The highest BCUT2D eigenvalue weighted by Crippen LogP contribution is 2.21. The van der Waals surface area contributed by atoms with Crippen LogP contribution in [0.3, 0.4) is 0 Å². The Morgan fingerprint density at radius 2 is 2.00 bits per heavy atom. The molecule has 1 heterocycles. The smallest absolute Gasteiger partial charge is 0.175 e. The number of aromatic amines is 1. The fourth-order valence-corrected chi connectivity index (χ4v) is 2.12. The Balaban J connectivity index is 2.79. The van der Waals surface area contributed by atoms with E-state index in [1.165, 1.54) is 6.26 Å². The van der Waals surface area contributed by atoms with Crippen LogP contribution in [0.1, 0.15) is 5.56 Å². The van der Waals surface area contributed by atoms with Gasteiger partial charge in [-0.15, -0.1) is 0 Å². The Kier molecular flexibility index (Phi) is 1.89. The average Bonchev–Trinajstić information content (AvgIpc) is 2.46. The monoisotopic (exact) mass is 209 g/mol. The van der Waals surface area contributed by atoms with Gasteiger partial charge in [0.25, 0.3) is 0 Å². The second kappa shape index (κ2) is 2.85. The molecule has 1 N–H and O–H groups in total. The first-order valence-corrected chi connectivity index (χ1v) is 6.15. The molecule has 0 aliphatic heterocycles. The number of fused-ring (bicyclic) bond motifs is 1. The molecule has 14 heavy (non-hydrogen) atoms. The summed E-state index contributed by atoms with van der Waals surface area (Å²) in [6.45, 7) is 1.95. The van der Waals surface area contributed by atoms with Crippen LogP contribution in [0.5, 0.6) is 0 Å². The predicted octanol–water partition coefficient (Wildman–Crippen LogP) is 1.88. The molecule has 0 radical (unpaired) electrons. The molecule has 0 spiro atoms. The average molecular weight is 209 g/mol. The van der Waals surface area contributed by atoms with Gasteiger partial charge in [0.1, 0.15) is 0 Å². The van der Waals surface area contributed by atoms with Crippen molar-refractivity contribution >= 4 is 20.7 Å². The zero-order chi connectivity index (χ0) is 10.3. The van der Waals surface area contributed by atoms with Crippen molar-refractivity contribution in [3.05, 3.63) is 30.0 Å². The van der Waals surface area contributed by atoms with Crippen molar-refractivity contribution in [3.63, 3.8) is 0 Å². The number of aryl methyl sites for hydroxylation is 1. The van der Waals surface area contributed by atoms with Gasteiger partial charge in [0.2, 0.25) is 0 Å². The van der Waals surface area contributed by atoms with Crippen molar-refractivity contribution in [1.82, 2.24) is 4.98 Å². The van der Waals surface area contributed by atoms with Crippen molar-refractivity contribution in [2.75, 3.05) is 6.26 Å². The summed E-state index contributed by atoms with van der Waals surface area (Å²) in [6.07, 6.45) is 3.09. The Labute approximate surface area is 82.7 Å². The van der Waals surface area contributed by atoms with Gasteiger partial charge < -0.3 is 4.98 Å². The molecule has 0 amide bonds. The number of sulfone groups is 1. The van der Waals surface area contributed by atoms with Crippen LogP contribution in [0, 0.1) is 6.92 Å². The maximum atomic E-state index is 11.3. The molecule has 1 aromatic heterocycles. The summed E-state index contributed by atoms with van der Waals surface area (Å²) in [5, 5.41) is 0.966. The molecular formula is C10H11NO2S. The van der Waals surface area contributed by atoms with E-state index in [0.717, 1.165) is 16.5 Å². The van der Waals surface area contributed by atoms with E-state index in [1.807, 2.05) is 13.1 Å². The molecule has 0 aliphatic carbocycles. The highest BCUT2D eigenvalue weighted by Gasteiger charge is 2.08. The Morgan fingerprint density at radius 1 is 1.29 bits per heavy atom. The second-order valence-corrected chi connectivity index (χ2v) is 5.47. The summed E-state index contributed by atoms with van der Waals surface area (Å²) in [6, 6.07) is 5.11. The minimum Gasteiger partial charge on any atom is -0.361 e. The van der Waals surface area contributed by atoms with Crippen LogP contribution in [-0.4, -0.2) is 19.7 Å². The molecule has 1 aromatic carbocycles. The van der Waals surface area contributed by atoms with Crippen LogP contribution in [0.2, 0.25) is 0 Å². The third-order valence-electron chi connectivity index (χ3n) is 2.29. The van der Waals surface area contributed by atoms with Gasteiger partial charge in [-0.05, 0) is 30.7 Å². The minimum atomic E-state index is -3.10. The summed E-state index contributed by atoms with van der Waals surface area (Å²) in [5.41, 5.74) is 2.03. The molecular weight excluding hydrogens is 198 g/mol. The van der Waals surface area contributed by atoms with E-state index in [0.29, 0.717) is 4.90 Å². The van der Waals surface area contributed by atoms with Gasteiger partial charge in [0.05, 0.1) is 4.90 Å². The minimum absolute atomic E-state index is 0.368. The third-order valence-corrected chi connectivity index (χ3v) is 3.40. The van der Waals surface area contributed by atoms with E-state index in [4.69, 9.17) is 0 Å². The summed E-state index contributed by atoms with van der Waals surface area (Å²) in [5.74, 6) is 0. The van der Waals surface area contributed by atoms with E-state index in [9.17, 15) is 8.42 Å². The number of aromatic nitrogens is 1. The maximum absolute atomic E-state index is 11.3. The normalized spacial score (nSPS) is 12.1. The first-order valence-electron chi connectivity index (χ1n) is 4.26. The van der Waals surface area contributed by atoms with Gasteiger partial charge in [-0.3, -0.25) is 0 Å². The van der Waals surface area contributed by atoms with Gasteiger partial charge in [-0.25, -0.2) is 8.42 Å². The SMILES string of the molecule is Cc1c[nH]c2ccc(S(C)(=O)=O)cc12. The van der Waals surface area contributed by atoms with Crippen LogP contribution in [0.4, 0.5) is 0 Å². The highest BCUT2D eigenvalue weighted by atomic mass is 32.2. The zero-order valence-electron chi connectivity index (χ0n) is 8.03. The summed E-state index contributed by atoms with van der Waals surface area (Å²) < 4.78 is 22.6. The summed E-state index contributed by atoms with van der Waals surface area (Å²) in [7, 11) is -3.10. The van der Waals surface area contributed by atoms with Crippen molar-refractivity contribution < 1.29 is 8.42 Å².